The Kier molecular flexibility index (Phi) is 5.05. The number of ether oxygens (including phenoxy) is 1. The Balaban J connectivity index is 2.40. The zero-order valence-electron chi connectivity index (χ0n) is 14.4. The van der Waals surface area contributed by atoms with Crippen molar-refractivity contribution >= 4 is 21.8 Å². The summed E-state index contributed by atoms with van der Waals surface area (Å²) in [5, 5.41) is 5.20. The fourth-order valence-electron chi connectivity index (χ4n) is 2.50. The van der Waals surface area contributed by atoms with E-state index >= 15 is 0 Å². The van der Waals surface area contributed by atoms with Gasteiger partial charge in [0, 0.05) is 6.54 Å². The maximum Gasteiger partial charge on any atom is 0.414 e. The first kappa shape index (κ1) is 18.5. The Labute approximate surface area is 143 Å². The number of carbonyl (C=O) groups is 1. The average Bonchev–Trinajstić information content (AvgIpc) is 2.44. The third-order valence-corrected chi connectivity index (χ3v) is 4.48. The van der Waals surface area contributed by atoms with Crippen LogP contribution in [0.15, 0.2) is 35.2 Å². The Morgan fingerprint density at radius 3 is 2.58 bits per heavy atom. The van der Waals surface area contributed by atoms with Crippen LogP contribution in [0.1, 0.15) is 39.7 Å². The van der Waals surface area contributed by atoms with Crippen LogP contribution < -0.4 is 5.14 Å². The van der Waals surface area contributed by atoms with Gasteiger partial charge in [0.25, 0.3) is 0 Å². The largest absolute Gasteiger partial charge is 0.443 e. The summed E-state index contributed by atoms with van der Waals surface area (Å²) in [5.41, 5.74) is 0.665. The first-order chi connectivity index (χ1) is 11.0. The summed E-state index contributed by atoms with van der Waals surface area (Å²) < 4.78 is 28.6. The molecule has 7 heteroatoms. The molecule has 132 valence electrons. The molecule has 0 fully saturated rings. The molecule has 1 aliphatic rings. The normalized spacial score (nSPS) is 19.0. The number of primary sulfonamides is 1. The van der Waals surface area contributed by atoms with Gasteiger partial charge in [-0.15, -0.1) is 0 Å². The van der Waals surface area contributed by atoms with E-state index in [2.05, 4.69) is 0 Å². The molecule has 0 saturated heterocycles. The first-order valence-corrected chi connectivity index (χ1v) is 9.36. The number of nitrogens with zero attached hydrogens (tertiary/aromatic N) is 1. The Bertz CT molecular complexity index is 763. The molecule has 24 heavy (non-hydrogen) atoms. The van der Waals surface area contributed by atoms with E-state index in [9.17, 15) is 13.2 Å². The zero-order chi connectivity index (χ0) is 18.1. The standard InChI is InChI=1S/C17H24N2O4S/c1-12-8-9-15(19(11-12)16(20)23-17(2,3)4)13-6-5-7-14(10-13)24(18,21)22/h5-7,9-10,12H,8,11H2,1-4H3,(H2,18,21,22). The molecule has 0 aromatic heterocycles. The molecule has 1 unspecified atom stereocenters. The average molecular weight is 352 g/mol. The fourth-order valence-corrected chi connectivity index (χ4v) is 3.06. The third kappa shape index (κ3) is 4.58. The SMILES string of the molecule is CC1CC=C(c2cccc(S(N)(=O)=O)c2)N(C(=O)OC(C)(C)C)C1. The van der Waals surface area contributed by atoms with E-state index in [0.29, 0.717) is 23.7 Å². The van der Waals surface area contributed by atoms with Gasteiger partial charge >= 0.3 is 6.09 Å². The van der Waals surface area contributed by atoms with E-state index in [1.54, 1.807) is 17.0 Å². The molecule has 1 aromatic rings. The van der Waals surface area contributed by atoms with Crippen LogP contribution in [0.3, 0.4) is 0 Å². The van der Waals surface area contributed by atoms with Crippen LogP contribution >= 0.6 is 0 Å². The molecule has 1 aliphatic heterocycles. The maximum atomic E-state index is 12.5. The number of hydrogen-bond donors (Lipinski definition) is 1. The highest BCUT2D eigenvalue weighted by Gasteiger charge is 2.29. The molecular weight excluding hydrogens is 328 g/mol. The van der Waals surface area contributed by atoms with Crippen molar-refractivity contribution in [2.75, 3.05) is 6.54 Å². The van der Waals surface area contributed by atoms with Crippen LogP contribution in [-0.2, 0) is 14.8 Å². The van der Waals surface area contributed by atoms with Crippen molar-refractivity contribution in [2.45, 2.75) is 44.6 Å². The smallest absolute Gasteiger partial charge is 0.414 e. The predicted octanol–water partition coefficient (Wildman–Crippen LogP) is 2.95. The molecule has 1 atom stereocenters. The van der Waals surface area contributed by atoms with E-state index in [1.807, 2.05) is 33.8 Å². The lowest BCUT2D eigenvalue weighted by molar-refractivity contribution is 0.0327. The van der Waals surface area contributed by atoms with Crippen LogP contribution in [0.2, 0.25) is 0 Å². The highest BCUT2D eigenvalue weighted by Crippen LogP contribution is 2.30. The lowest BCUT2D eigenvalue weighted by atomic mass is 9.98. The van der Waals surface area contributed by atoms with Gasteiger partial charge in [-0.1, -0.05) is 25.1 Å². The van der Waals surface area contributed by atoms with Crippen LogP contribution in [0.25, 0.3) is 5.70 Å². The molecule has 0 aliphatic carbocycles. The van der Waals surface area contributed by atoms with Crippen molar-refractivity contribution < 1.29 is 17.9 Å². The number of nitrogens with two attached hydrogens (primary N) is 1. The minimum atomic E-state index is -3.80. The molecule has 1 aromatic carbocycles. The Hall–Kier alpha value is -1.86. The van der Waals surface area contributed by atoms with Gasteiger partial charge in [-0.2, -0.15) is 0 Å². The Morgan fingerprint density at radius 2 is 2.00 bits per heavy atom. The highest BCUT2D eigenvalue weighted by atomic mass is 32.2. The van der Waals surface area contributed by atoms with Crippen LogP contribution in [0.4, 0.5) is 4.79 Å². The van der Waals surface area contributed by atoms with Gasteiger partial charge in [0.1, 0.15) is 5.60 Å². The summed E-state index contributed by atoms with van der Waals surface area (Å²) in [5.74, 6) is 0.294. The second-order valence-corrected chi connectivity index (χ2v) is 8.66. The number of benzene rings is 1. The molecule has 0 spiro atoms. The molecular formula is C17H24N2O4S. The van der Waals surface area contributed by atoms with Crippen molar-refractivity contribution in [3.63, 3.8) is 0 Å². The second kappa shape index (κ2) is 6.57. The van der Waals surface area contributed by atoms with E-state index in [1.165, 1.54) is 12.1 Å². The van der Waals surface area contributed by atoms with Crippen molar-refractivity contribution in [1.29, 1.82) is 0 Å². The molecule has 6 nitrogen and oxygen atoms in total. The predicted molar refractivity (Wildman–Crippen MR) is 92.5 cm³/mol. The van der Waals surface area contributed by atoms with Gasteiger partial charge in [-0.05, 0) is 50.8 Å². The summed E-state index contributed by atoms with van der Waals surface area (Å²) >= 11 is 0. The van der Waals surface area contributed by atoms with Crippen molar-refractivity contribution in [2.24, 2.45) is 11.1 Å². The minimum absolute atomic E-state index is 0.0173. The van der Waals surface area contributed by atoms with E-state index in [0.717, 1.165) is 6.42 Å². The van der Waals surface area contributed by atoms with Gasteiger partial charge in [0.05, 0.1) is 10.6 Å². The number of rotatable bonds is 2. The minimum Gasteiger partial charge on any atom is -0.443 e. The fraction of sp³-hybridized carbons (Fsp3) is 0.471. The second-order valence-electron chi connectivity index (χ2n) is 7.09. The van der Waals surface area contributed by atoms with E-state index in [-0.39, 0.29) is 4.90 Å². The van der Waals surface area contributed by atoms with Gasteiger partial charge in [0.15, 0.2) is 0 Å². The van der Waals surface area contributed by atoms with Crippen LogP contribution in [0, 0.1) is 5.92 Å². The molecule has 0 bridgehead atoms. The topological polar surface area (TPSA) is 89.7 Å². The lowest BCUT2D eigenvalue weighted by Gasteiger charge is -2.34. The Morgan fingerprint density at radius 1 is 1.33 bits per heavy atom. The van der Waals surface area contributed by atoms with Crippen LogP contribution in [0.5, 0.6) is 0 Å². The van der Waals surface area contributed by atoms with Crippen molar-refractivity contribution in [1.82, 2.24) is 4.90 Å². The lowest BCUT2D eigenvalue weighted by Crippen LogP contribution is -2.39. The number of carbonyl (C=O) groups excluding carboxylic acids is 1. The molecule has 2 N–H and O–H groups in total. The van der Waals surface area contributed by atoms with Crippen molar-refractivity contribution in [3.8, 4) is 0 Å². The van der Waals surface area contributed by atoms with E-state index in [4.69, 9.17) is 9.88 Å². The first-order valence-electron chi connectivity index (χ1n) is 7.81. The number of sulfonamides is 1. The van der Waals surface area contributed by atoms with Gasteiger partial charge in [-0.25, -0.2) is 18.4 Å². The molecule has 1 heterocycles. The van der Waals surface area contributed by atoms with Gasteiger partial charge in [0.2, 0.25) is 10.0 Å². The molecule has 1 amide bonds. The van der Waals surface area contributed by atoms with E-state index < -0.39 is 21.7 Å². The summed E-state index contributed by atoms with van der Waals surface area (Å²) in [6.07, 6.45) is 2.29. The molecule has 0 saturated carbocycles. The monoisotopic (exact) mass is 352 g/mol. The molecule has 0 radical (unpaired) electrons. The highest BCUT2D eigenvalue weighted by molar-refractivity contribution is 7.89. The van der Waals surface area contributed by atoms with Crippen LogP contribution in [-0.4, -0.2) is 31.6 Å². The summed E-state index contributed by atoms with van der Waals surface area (Å²) in [4.78, 5) is 14.1. The number of allylic oxidation sites excluding steroid dienone is 1. The molecule has 2 rings (SSSR count). The summed E-state index contributed by atoms with van der Waals surface area (Å²) in [6.45, 7) is 7.99. The van der Waals surface area contributed by atoms with Gasteiger partial charge < -0.3 is 4.74 Å². The number of amides is 1. The number of hydrogen-bond acceptors (Lipinski definition) is 4. The maximum absolute atomic E-state index is 12.5. The van der Waals surface area contributed by atoms with Crippen molar-refractivity contribution in [3.05, 3.63) is 35.9 Å². The third-order valence-electron chi connectivity index (χ3n) is 3.57. The van der Waals surface area contributed by atoms with Gasteiger partial charge in [-0.3, -0.25) is 4.90 Å². The zero-order valence-corrected chi connectivity index (χ0v) is 15.3. The summed E-state index contributed by atoms with van der Waals surface area (Å²) in [6, 6.07) is 6.28. The quantitative estimate of drug-likeness (QED) is 0.886. The summed E-state index contributed by atoms with van der Waals surface area (Å²) in [7, 11) is -3.80.